The highest BCUT2D eigenvalue weighted by atomic mass is 32.2. The van der Waals surface area contributed by atoms with Gasteiger partial charge < -0.3 is 10.2 Å². The van der Waals surface area contributed by atoms with E-state index in [2.05, 4.69) is 22.0 Å². The van der Waals surface area contributed by atoms with Gasteiger partial charge in [0.1, 0.15) is 0 Å². The number of thiophene rings is 1. The minimum Gasteiger partial charge on any atom is -0.315 e. The lowest BCUT2D eigenvalue weighted by Crippen LogP contribution is -2.37. The third kappa shape index (κ3) is 4.50. The molecule has 0 atom stereocenters. The monoisotopic (exact) mass is 331 g/mol. The molecule has 7 heteroatoms. The Morgan fingerprint density at radius 2 is 2.10 bits per heavy atom. The molecular formula is C14H25N3O2S2. The second-order valence-electron chi connectivity index (χ2n) is 5.56. The third-order valence-electron chi connectivity index (χ3n) is 4.04. The number of nitrogens with one attached hydrogen (secondary N) is 2. The van der Waals surface area contributed by atoms with Gasteiger partial charge in [0.25, 0.3) is 0 Å². The van der Waals surface area contributed by atoms with Gasteiger partial charge in [-0.2, -0.15) is 0 Å². The predicted molar refractivity (Wildman–Crippen MR) is 87.2 cm³/mol. The van der Waals surface area contributed by atoms with Crippen LogP contribution in [0.25, 0.3) is 0 Å². The van der Waals surface area contributed by atoms with Gasteiger partial charge >= 0.3 is 0 Å². The maximum Gasteiger partial charge on any atom is 0.241 e. The molecule has 1 aromatic heterocycles. The standard InChI is InChI=1S/C14H25N3O2S2/c1-15-11-13-14(7-10-20-13)21(18,19)16-8-9-17(2)12-5-3-4-6-12/h7,10,12,15-16H,3-6,8-9,11H2,1-2H3. The smallest absolute Gasteiger partial charge is 0.241 e. The average Bonchev–Trinajstić information content (AvgIpc) is 3.10. The first-order chi connectivity index (χ1) is 10.0. The number of nitrogens with zero attached hydrogens (tertiary/aromatic N) is 1. The Morgan fingerprint density at radius 3 is 2.76 bits per heavy atom. The molecule has 0 bridgehead atoms. The number of hydrogen-bond acceptors (Lipinski definition) is 5. The highest BCUT2D eigenvalue weighted by molar-refractivity contribution is 7.89. The molecule has 0 unspecified atom stereocenters. The summed E-state index contributed by atoms with van der Waals surface area (Å²) in [4.78, 5) is 3.54. The van der Waals surface area contributed by atoms with E-state index in [0.717, 1.165) is 11.4 Å². The Bertz CT molecular complexity index is 536. The predicted octanol–water partition coefficient (Wildman–Crippen LogP) is 1.62. The highest BCUT2D eigenvalue weighted by Crippen LogP contribution is 2.23. The molecule has 0 saturated heterocycles. The first-order valence-corrected chi connectivity index (χ1v) is 9.82. The van der Waals surface area contributed by atoms with Crippen LogP contribution in [-0.2, 0) is 16.6 Å². The second-order valence-corrected chi connectivity index (χ2v) is 8.29. The Labute approximate surface area is 131 Å². The molecule has 1 aliphatic carbocycles. The van der Waals surface area contributed by atoms with Crippen LogP contribution in [0, 0.1) is 0 Å². The van der Waals surface area contributed by atoms with Crippen LogP contribution >= 0.6 is 11.3 Å². The fourth-order valence-electron chi connectivity index (χ4n) is 2.82. The van der Waals surface area contributed by atoms with Gasteiger partial charge in [-0.05, 0) is 38.4 Å². The highest BCUT2D eigenvalue weighted by Gasteiger charge is 2.21. The van der Waals surface area contributed by atoms with Crippen LogP contribution < -0.4 is 10.0 Å². The van der Waals surface area contributed by atoms with Crippen molar-refractivity contribution >= 4 is 21.4 Å². The van der Waals surface area contributed by atoms with Crippen LogP contribution in [0.2, 0.25) is 0 Å². The maximum atomic E-state index is 12.3. The molecule has 1 saturated carbocycles. The van der Waals surface area contributed by atoms with Crippen LogP contribution in [0.1, 0.15) is 30.6 Å². The van der Waals surface area contributed by atoms with Crippen molar-refractivity contribution in [3.05, 3.63) is 16.3 Å². The summed E-state index contributed by atoms with van der Waals surface area (Å²) in [5, 5.41) is 4.83. The first kappa shape index (κ1) is 16.9. The van der Waals surface area contributed by atoms with E-state index in [4.69, 9.17) is 0 Å². The van der Waals surface area contributed by atoms with E-state index in [1.165, 1.54) is 37.0 Å². The first-order valence-electron chi connectivity index (χ1n) is 7.45. The average molecular weight is 332 g/mol. The van der Waals surface area contributed by atoms with Crippen molar-refractivity contribution < 1.29 is 8.42 Å². The third-order valence-corrected chi connectivity index (χ3v) is 6.63. The molecule has 1 heterocycles. The van der Waals surface area contributed by atoms with E-state index in [1.807, 2.05) is 12.4 Å². The summed E-state index contributed by atoms with van der Waals surface area (Å²) in [6, 6.07) is 2.30. The fourth-order valence-corrected chi connectivity index (χ4v) is 5.29. The van der Waals surface area contributed by atoms with Crippen LogP contribution in [0.15, 0.2) is 16.3 Å². The zero-order valence-electron chi connectivity index (χ0n) is 12.8. The van der Waals surface area contributed by atoms with Gasteiger partial charge in [0.2, 0.25) is 10.0 Å². The molecule has 0 aromatic carbocycles. The van der Waals surface area contributed by atoms with Crippen molar-refractivity contribution in [2.24, 2.45) is 0 Å². The maximum absolute atomic E-state index is 12.3. The molecule has 2 rings (SSSR count). The number of rotatable bonds is 8. The van der Waals surface area contributed by atoms with Gasteiger partial charge in [-0.1, -0.05) is 12.8 Å². The molecule has 0 radical (unpaired) electrons. The van der Waals surface area contributed by atoms with Crippen LogP contribution in [0.4, 0.5) is 0 Å². The topological polar surface area (TPSA) is 61.4 Å². The molecule has 1 fully saturated rings. The van der Waals surface area contributed by atoms with Crippen molar-refractivity contribution in [1.29, 1.82) is 0 Å². The van der Waals surface area contributed by atoms with Crippen LogP contribution in [0.3, 0.4) is 0 Å². The van der Waals surface area contributed by atoms with Gasteiger partial charge in [0.05, 0.1) is 4.90 Å². The molecule has 1 aromatic rings. The quantitative estimate of drug-likeness (QED) is 0.760. The minimum atomic E-state index is -3.40. The van der Waals surface area contributed by atoms with Crippen molar-refractivity contribution in [3.8, 4) is 0 Å². The number of hydrogen-bond donors (Lipinski definition) is 2. The lowest BCUT2D eigenvalue weighted by Gasteiger charge is -2.23. The Balaban J connectivity index is 1.87. The van der Waals surface area contributed by atoms with E-state index in [-0.39, 0.29) is 0 Å². The lowest BCUT2D eigenvalue weighted by atomic mass is 10.2. The van der Waals surface area contributed by atoms with E-state index in [0.29, 0.717) is 24.0 Å². The summed E-state index contributed by atoms with van der Waals surface area (Å²) >= 11 is 1.47. The molecule has 5 nitrogen and oxygen atoms in total. The van der Waals surface area contributed by atoms with Crippen molar-refractivity contribution in [3.63, 3.8) is 0 Å². The Hall–Kier alpha value is -0.470. The molecular weight excluding hydrogens is 306 g/mol. The van der Waals surface area contributed by atoms with Crippen LogP contribution in [-0.4, -0.2) is 46.5 Å². The zero-order chi connectivity index (χ0) is 15.3. The van der Waals surface area contributed by atoms with Crippen molar-refractivity contribution in [1.82, 2.24) is 14.9 Å². The summed E-state index contributed by atoms with van der Waals surface area (Å²) in [5.74, 6) is 0. The summed E-state index contributed by atoms with van der Waals surface area (Å²) in [7, 11) is 0.509. The van der Waals surface area contributed by atoms with E-state index in [9.17, 15) is 8.42 Å². The summed E-state index contributed by atoms with van der Waals surface area (Å²) in [6.45, 7) is 1.80. The van der Waals surface area contributed by atoms with E-state index < -0.39 is 10.0 Å². The molecule has 1 aliphatic rings. The summed E-state index contributed by atoms with van der Waals surface area (Å²) in [5.41, 5.74) is 0. The van der Waals surface area contributed by atoms with Gasteiger partial charge in [-0.25, -0.2) is 13.1 Å². The number of likely N-dealkylation sites (N-methyl/N-ethyl adjacent to an activating group) is 1. The van der Waals surface area contributed by atoms with Gasteiger partial charge in [-0.15, -0.1) is 11.3 Å². The van der Waals surface area contributed by atoms with E-state index >= 15 is 0 Å². The Kier molecular flexibility index (Phi) is 6.19. The lowest BCUT2D eigenvalue weighted by molar-refractivity contribution is 0.250. The van der Waals surface area contributed by atoms with Gasteiger partial charge in [0.15, 0.2) is 0 Å². The largest absolute Gasteiger partial charge is 0.315 e. The fraction of sp³-hybridized carbons (Fsp3) is 0.714. The molecule has 2 N–H and O–H groups in total. The normalized spacial score (nSPS) is 16.9. The second kappa shape index (κ2) is 7.69. The molecule has 0 spiro atoms. The zero-order valence-corrected chi connectivity index (χ0v) is 14.4. The molecule has 120 valence electrons. The molecule has 0 aliphatic heterocycles. The molecule has 0 amide bonds. The Morgan fingerprint density at radius 1 is 1.38 bits per heavy atom. The van der Waals surface area contributed by atoms with Gasteiger partial charge in [-0.3, -0.25) is 0 Å². The summed E-state index contributed by atoms with van der Waals surface area (Å²) < 4.78 is 27.4. The van der Waals surface area contributed by atoms with Gasteiger partial charge in [0, 0.05) is 30.6 Å². The van der Waals surface area contributed by atoms with Crippen molar-refractivity contribution in [2.75, 3.05) is 27.2 Å². The summed E-state index contributed by atoms with van der Waals surface area (Å²) in [6.07, 6.45) is 5.06. The van der Waals surface area contributed by atoms with Crippen LogP contribution in [0.5, 0.6) is 0 Å². The van der Waals surface area contributed by atoms with Crippen molar-refractivity contribution in [2.45, 2.75) is 43.2 Å². The SMILES string of the molecule is CNCc1sccc1S(=O)(=O)NCCN(C)C1CCCC1. The minimum absolute atomic E-state index is 0.408. The molecule has 21 heavy (non-hydrogen) atoms. The van der Waals surface area contributed by atoms with E-state index in [1.54, 1.807) is 6.07 Å². The number of sulfonamides is 1.